The van der Waals surface area contributed by atoms with Crippen LogP contribution >= 0.6 is 0 Å². The quantitative estimate of drug-likeness (QED) is 0.284. The Labute approximate surface area is 157 Å². The Bertz CT molecular complexity index is 298. The van der Waals surface area contributed by atoms with Crippen molar-refractivity contribution in [2.75, 3.05) is 68.6 Å². The summed E-state index contributed by atoms with van der Waals surface area (Å²) in [7, 11) is 12.2. The van der Waals surface area contributed by atoms with Crippen LogP contribution in [0.5, 0.6) is 0 Å². The molecule has 4 N–H and O–H groups in total. The Morgan fingerprint density at radius 1 is 0.667 bits per heavy atom. The fourth-order valence-corrected chi connectivity index (χ4v) is 1.22. The molecule has 0 aliphatic heterocycles. The van der Waals surface area contributed by atoms with E-state index in [1.54, 1.807) is 0 Å². The van der Waals surface area contributed by atoms with Gasteiger partial charge in [0, 0.05) is 0 Å². The molecule has 10 heteroatoms. The lowest BCUT2D eigenvalue weighted by Crippen LogP contribution is -3.00. The van der Waals surface area contributed by atoms with Crippen LogP contribution in [0.3, 0.4) is 0 Å². The number of rotatable bonds is 9. The summed E-state index contributed by atoms with van der Waals surface area (Å²) in [6, 6.07) is 0. The molecule has 150 valence electrons. The van der Waals surface area contributed by atoms with Crippen molar-refractivity contribution in [2.24, 2.45) is 0 Å². The van der Waals surface area contributed by atoms with E-state index >= 15 is 0 Å². The third-order valence-electron chi connectivity index (χ3n) is 2.58. The molecular weight excluding hydrogens is 363 g/mol. The molecule has 0 aromatic rings. The molecule has 0 unspecified atom stereocenters. The topological polar surface area (TPSA) is 116 Å². The zero-order valence-electron chi connectivity index (χ0n) is 15.5. The smallest absolute Gasteiger partial charge is 0.306 e. The maximum Gasteiger partial charge on any atom is 0.306 e. The zero-order chi connectivity index (χ0) is 15.8. The molecule has 0 saturated carbocycles. The Balaban J connectivity index is -0.000000301. The van der Waals surface area contributed by atoms with Crippen molar-refractivity contribution in [1.82, 2.24) is 0 Å². The first kappa shape index (κ1) is 34.6. The fraction of sp³-hybridized carbons (Fsp3) is 0.857. The number of ether oxygens (including phenoxy) is 2. The van der Waals surface area contributed by atoms with Gasteiger partial charge in [-0.3, -0.25) is 9.59 Å². The van der Waals surface area contributed by atoms with Gasteiger partial charge in [-0.1, -0.05) is 0 Å². The third kappa shape index (κ3) is 26.3. The van der Waals surface area contributed by atoms with Crippen LogP contribution in [-0.2, 0) is 19.1 Å². The molecule has 0 atom stereocenters. The highest BCUT2D eigenvalue weighted by atomic mass is 35.5. The van der Waals surface area contributed by atoms with E-state index in [1.165, 1.54) is 0 Å². The van der Waals surface area contributed by atoms with E-state index in [9.17, 15) is 9.59 Å². The molecule has 0 rings (SSSR count). The molecule has 0 fully saturated rings. The normalized spacial score (nSPS) is 10.1. The number of halogens is 2. The molecule has 0 saturated heterocycles. The second-order valence-corrected chi connectivity index (χ2v) is 6.97. The molecule has 0 spiro atoms. The molecular formula is C14H34Cl2N2O6. The van der Waals surface area contributed by atoms with E-state index in [0.717, 1.165) is 22.1 Å². The molecule has 24 heavy (non-hydrogen) atoms. The van der Waals surface area contributed by atoms with Gasteiger partial charge in [-0.15, -0.1) is 0 Å². The van der Waals surface area contributed by atoms with E-state index in [0.29, 0.717) is 13.2 Å². The standard InChI is InChI=1S/C14H30N2O4.2ClH.2H2O/c1-15(2,3)9-11-19-13(17)7-8-14(18)20-12-10-16(4,5)6;;;;/h7-12H2,1-6H3;2*1H;2*1H2/q+2;;;;/p-2. The SMILES string of the molecule is C[N+](C)(C)CCOC(=O)CCC(=O)OCC[N+](C)(C)C.O.O.[Cl-].[Cl-]. The largest absolute Gasteiger partial charge is 1.00 e. The zero-order valence-corrected chi connectivity index (χ0v) is 17.0. The predicted octanol–water partition coefficient (Wildman–Crippen LogP) is -7.38. The van der Waals surface area contributed by atoms with Crippen molar-refractivity contribution >= 4 is 11.9 Å². The predicted molar refractivity (Wildman–Crippen MR) is 84.2 cm³/mol. The minimum absolute atomic E-state index is 0. The summed E-state index contributed by atoms with van der Waals surface area (Å²) in [5, 5.41) is 0. The summed E-state index contributed by atoms with van der Waals surface area (Å²) in [6.45, 7) is 2.25. The van der Waals surface area contributed by atoms with Crippen molar-refractivity contribution in [1.29, 1.82) is 0 Å². The van der Waals surface area contributed by atoms with Gasteiger partial charge in [0.05, 0.1) is 55.1 Å². The van der Waals surface area contributed by atoms with Crippen LogP contribution in [0.15, 0.2) is 0 Å². The van der Waals surface area contributed by atoms with Crippen LogP contribution in [0.1, 0.15) is 12.8 Å². The molecule has 0 aliphatic rings. The van der Waals surface area contributed by atoms with Crippen LogP contribution in [0.2, 0.25) is 0 Å². The Morgan fingerprint density at radius 3 is 1.12 bits per heavy atom. The van der Waals surface area contributed by atoms with Crippen LogP contribution in [0.4, 0.5) is 0 Å². The molecule has 0 amide bonds. The summed E-state index contributed by atoms with van der Waals surface area (Å²) in [5.41, 5.74) is 0. The summed E-state index contributed by atoms with van der Waals surface area (Å²) < 4.78 is 11.6. The maximum atomic E-state index is 11.4. The first-order valence-electron chi connectivity index (χ1n) is 6.92. The van der Waals surface area contributed by atoms with Gasteiger partial charge in [-0.25, -0.2) is 0 Å². The Hall–Kier alpha value is -0.640. The van der Waals surface area contributed by atoms with Gasteiger partial charge in [0.25, 0.3) is 0 Å². The monoisotopic (exact) mass is 396 g/mol. The lowest BCUT2D eigenvalue weighted by molar-refractivity contribution is -0.870. The molecule has 0 radical (unpaired) electrons. The van der Waals surface area contributed by atoms with Crippen molar-refractivity contribution in [3.63, 3.8) is 0 Å². The number of quaternary nitrogens is 2. The van der Waals surface area contributed by atoms with Gasteiger partial charge in [-0.2, -0.15) is 0 Å². The average molecular weight is 397 g/mol. The number of carbonyl (C=O) groups is 2. The molecule has 0 aromatic carbocycles. The summed E-state index contributed by atoms with van der Waals surface area (Å²) in [6.07, 6.45) is 0.167. The van der Waals surface area contributed by atoms with Gasteiger partial charge >= 0.3 is 11.9 Å². The maximum absolute atomic E-state index is 11.4. The summed E-state index contributed by atoms with van der Waals surface area (Å²) in [5.74, 6) is -0.691. The minimum atomic E-state index is -0.345. The van der Waals surface area contributed by atoms with Crippen LogP contribution in [0, 0.1) is 0 Å². The summed E-state index contributed by atoms with van der Waals surface area (Å²) >= 11 is 0. The van der Waals surface area contributed by atoms with Crippen molar-refractivity contribution in [2.45, 2.75) is 12.8 Å². The number of hydrogen-bond acceptors (Lipinski definition) is 4. The van der Waals surface area contributed by atoms with E-state index < -0.39 is 0 Å². The fourth-order valence-electron chi connectivity index (χ4n) is 1.22. The van der Waals surface area contributed by atoms with E-state index in [4.69, 9.17) is 9.47 Å². The van der Waals surface area contributed by atoms with E-state index in [-0.39, 0.29) is 60.5 Å². The highest BCUT2D eigenvalue weighted by Crippen LogP contribution is 1.98. The molecule has 8 nitrogen and oxygen atoms in total. The second-order valence-electron chi connectivity index (χ2n) is 6.97. The number of hydrogen-bond donors (Lipinski definition) is 0. The minimum Gasteiger partial charge on any atom is -1.00 e. The number of nitrogens with zero attached hydrogens (tertiary/aromatic N) is 2. The van der Waals surface area contributed by atoms with Crippen LogP contribution < -0.4 is 24.8 Å². The van der Waals surface area contributed by atoms with Gasteiger partial charge in [0.2, 0.25) is 0 Å². The highest BCUT2D eigenvalue weighted by Gasteiger charge is 2.13. The third-order valence-corrected chi connectivity index (χ3v) is 2.58. The average Bonchev–Trinajstić information content (AvgIpc) is 2.22. The van der Waals surface area contributed by atoms with E-state index in [1.807, 2.05) is 42.3 Å². The van der Waals surface area contributed by atoms with Crippen molar-refractivity contribution in [3.05, 3.63) is 0 Å². The van der Waals surface area contributed by atoms with Gasteiger partial charge in [0.1, 0.15) is 26.3 Å². The van der Waals surface area contributed by atoms with Crippen LogP contribution in [0.25, 0.3) is 0 Å². The first-order chi connectivity index (χ1) is 8.99. The van der Waals surface area contributed by atoms with Gasteiger partial charge in [-0.05, 0) is 0 Å². The Kier molecular flexibility index (Phi) is 22.9. The van der Waals surface area contributed by atoms with Crippen molar-refractivity contribution < 1.29 is 63.8 Å². The number of carbonyl (C=O) groups excluding carboxylic acids is 2. The first-order valence-corrected chi connectivity index (χ1v) is 6.92. The Morgan fingerprint density at radius 2 is 0.917 bits per heavy atom. The lowest BCUT2D eigenvalue weighted by Gasteiger charge is -2.23. The molecule has 0 aliphatic carbocycles. The lowest BCUT2D eigenvalue weighted by atomic mass is 10.3. The number of esters is 2. The molecule has 0 aromatic heterocycles. The van der Waals surface area contributed by atoms with Crippen LogP contribution in [-0.4, -0.2) is 100 Å². The van der Waals surface area contributed by atoms with E-state index in [2.05, 4.69) is 0 Å². The molecule has 0 heterocycles. The van der Waals surface area contributed by atoms with Gasteiger partial charge < -0.3 is 54.2 Å². The van der Waals surface area contributed by atoms with Crippen molar-refractivity contribution in [3.8, 4) is 0 Å². The van der Waals surface area contributed by atoms with Gasteiger partial charge in [0.15, 0.2) is 0 Å². The highest BCUT2D eigenvalue weighted by molar-refractivity contribution is 5.77. The second kappa shape index (κ2) is 15.9. The number of likely N-dealkylation sites (N-methyl/N-ethyl adjacent to an activating group) is 2. The summed E-state index contributed by atoms with van der Waals surface area (Å²) in [4.78, 5) is 22.9. The molecule has 0 bridgehead atoms.